The zero-order chi connectivity index (χ0) is 14.5. The lowest BCUT2D eigenvalue weighted by atomic mass is 10.1. The molecule has 2 aromatic rings. The van der Waals surface area contributed by atoms with E-state index in [1.807, 2.05) is 45.3 Å². The fraction of sp³-hybridized carbons (Fsp3) is 0.312. The first kappa shape index (κ1) is 14.2. The van der Waals surface area contributed by atoms with Gasteiger partial charge < -0.3 is 14.6 Å². The molecule has 0 saturated heterocycles. The molecule has 0 aliphatic heterocycles. The number of benzene rings is 1. The summed E-state index contributed by atoms with van der Waals surface area (Å²) >= 11 is 0. The molecule has 1 aromatic heterocycles. The monoisotopic (exact) mass is 269 g/mol. The van der Waals surface area contributed by atoms with Crippen molar-refractivity contribution in [2.75, 3.05) is 19.0 Å². The minimum absolute atomic E-state index is 0.696. The lowest BCUT2D eigenvalue weighted by Crippen LogP contribution is -2.18. The number of hydrogen-bond acceptors (Lipinski definition) is 4. The van der Waals surface area contributed by atoms with Gasteiger partial charge in [0.05, 0.1) is 17.5 Å². The third-order valence-electron chi connectivity index (χ3n) is 3.35. The van der Waals surface area contributed by atoms with Gasteiger partial charge in [0.25, 0.3) is 0 Å². The van der Waals surface area contributed by atoms with Gasteiger partial charge in [-0.2, -0.15) is 5.26 Å². The predicted molar refractivity (Wildman–Crippen MR) is 79.5 cm³/mol. The van der Waals surface area contributed by atoms with Crippen molar-refractivity contribution in [3.05, 3.63) is 53.0 Å². The Bertz CT molecular complexity index is 625. The molecule has 1 aromatic carbocycles. The Kier molecular flexibility index (Phi) is 4.44. The second kappa shape index (κ2) is 6.27. The largest absolute Gasteiger partial charge is 0.469 e. The van der Waals surface area contributed by atoms with Crippen molar-refractivity contribution in [2.24, 2.45) is 0 Å². The summed E-state index contributed by atoms with van der Waals surface area (Å²) in [5.41, 5.74) is 3.88. The van der Waals surface area contributed by atoms with Crippen LogP contribution in [0.1, 0.15) is 22.5 Å². The van der Waals surface area contributed by atoms with E-state index < -0.39 is 0 Å². The minimum atomic E-state index is 0.696. The van der Waals surface area contributed by atoms with Crippen molar-refractivity contribution >= 4 is 5.69 Å². The van der Waals surface area contributed by atoms with Crippen LogP contribution in [-0.4, -0.2) is 14.1 Å². The standard InChI is InChI=1S/C16H19N3O/c1-12-14(6-7-20-12)11-19(3)16-5-4-13(10-18-2)8-15(16)9-17/h4-8,18H,10-11H2,1-3H3. The van der Waals surface area contributed by atoms with Crippen LogP contribution in [0, 0.1) is 18.3 Å². The molecular formula is C16H19N3O. The van der Waals surface area contributed by atoms with E-state index in [2.05, 4.69) is 16.3 Å². The van der Waals surface area contributed by atoms with Crippen molar-refractivity contribution in [1.82, 2.24) is 5.32 Å². The topological polar surface area (TPSA) is 52.2 Å². The van der Waals surface area contributed by atoms with E-state index in [1.54, 1.807) is 6.26 Å². The number of nitrogens with one attached hydrogen (secondary N) is 1. The number of furan rings is 1. The summed E-state index contributed by atoms with van der Waals surface area (Å²) < 4.78 is 5.31. The van der Waals surface area contributed by atoms with E-state index in [1.165, 1.54) is 0 Å². The first-order valence-electron chi connectivity index (χ1n) is 6.57. The zero-order valence-corrected chi connectivity index (χ0v) is 12.1. The van der Waals surface area contributed by atoms with Gasteiger partial charge in [0, 0.05) is 25.7 Å². The molecule has 20 heavy (non-hydrogen) atoms. The van der Waals surface area contributed by atoms with Crippen LogP contribution < -0.4 is 10.2 Å². The van der Waals surface area contributed by atoms with E-state index in [0.29, 0.717) is 5.56 Å². The van der Waals surface area contributed by atoms with Crippen molar-refractivity contribution in [1.29, 1.82) is 5.26 Å². The molecule has 0 aliphatic rings. The third-order valence-corrected chi connectivity index (χ3v) is 3.35. The molecule has 4 nitrogen and oxygen atoms in total. The van der Waals surface area contributed by atoms with Gasteiger partial charge in [0.15, 0.2) is 0 Å². The Labute approximate surface area is 119 Å². The van der Waals surface area contributed by atoms with Crippen molar-refractivity contribution in [3.8, 4) is 6.07 Å². The molecule has 1 N–H and O–H groups in total. The van der Waals surface area contributed by atoms with Gasteiger partial charge in [0.1, 0.15) is 11.8 Å². The van der Waals surface area contributed by atoms with E-state index >= 15 is 0 Å². The van der Waals surface area contributed by atoms with Gasteiger partial charge in [0.2, 0.25) is 0 Å². The number of hydrogen-bond donors (Lipinski definition) is 1. The number of aryl methyl sites for hydroxylation is 1. The summed E-state index contributed by atoms with van der Waals surface area (Å²) in [5.74, 6) is 0.919. The van der Waals surface area contributed by atoms with Crippen LogP contribution in [0.4, 0.5) is 5.69 Å². The highest BCUT2D eigenvalue weighted by Crippen LogP contribution is 2.23. The van der Waals surface area contributed by atoms with Crippen molar-refractivity contribution < 1.29 is 4.42 Å². The number of nitriles is 1. The average molecular weight is 269 g/mol. The summed E-state index contributed by atoms with van der Waals surface area (Å²) in [6.07, 6.45) is 1.69. The zero-order valence-electron chi connectivity index (χ0n) is 12.1. The predicted octanol–water partition coefficient (Wildman–Crippen LogP) is 2.82. The Morgan fingerprint density at radius 3 is 2.75 bits per heavy atom. The number of rotatable bonds is 5. The van der Waals surface area contributed by atoms with Crippen molar-refractivity contribution in [2.45, 2.75) is 20.0 Å². The van der Waals surface area contributed by atoms with Crippen LogP contribution in [0.2, 0.25) is 0 Å². The summed E-state index contributed by atoms with van der Waals surface area (Å²) in [6.45, 7) is 3.44. The minimum Gasteiger partial charge on any atom is -0.469 e. The van der Waals surface area contributed by atoms with E-state index in [9.17, 15) is 5.26 Å². The highest BCUT2D eigenvalue weighted by atomic mass is 16.3. The highest BCUT2D eigenvalue weighted by molar-refractivity contribution is 5.60. The lowest BCUT2D eigenvalue weighted by molar-refractivity contribution is 0.529. The molecule has 0 spiro atoms. The van der Waals surface area contributed by atoms with Gasteiger partial charge in [-0.3, -0.25) is 0 Å². The molecule has 0 atom stereocenters. The maximum atomic E-state index is 9.33. The van der Waals surface area contributed by atoms with Crippen LogP contribution >= 0.6 is 0 Å². The second-order valence-corrected chi connectivity index (χ2v) is 4.85. The van der Waals surface area contributed by atoms with E-state index in [-0.39, 0.29) is 0 Å². The molecule has 0 aliphatic carbocycles. The second-order valence-electron chi connectivity index (χ2n) is 4.85. The Hall–Kier alpha value is -2.25. The fourth-order valence-corrected chi connectivity index (χ4v) is 2.24. The molecule has 0 radical (unpaired) electrons. The molecule has 0 bridgehead atoms. The van der Waals surface area contributed by atoms with E-state index in [0.717, 1.165) is 35.7 Å². The summed E-state index contributed by atoms with van der Waals surface area (Å²) in [4.78, 5) is 2.07. The fourth-order valence-electron chi connectivity index (χ4n) is 2.24. The van der Waals surface area contributed by atoms with E-state index in [4.69, 9.17) is 4.42 Å². The molecule has 104 valence electrons. The molecular weight excluding hydrogens is 250 g/mol. The lowest BCUT2D eigenvalue weighted by Gasteiger charge is -2.20. The molecule has 1 heterocycles. The first-order chi connectivity index (χ1) is 9.65. The first-order valence-corrected chi connectivity index (χ1v) is 6.57. The molecule has 0 unspecified atom stereocenters. The van der Waals surface area contributed by atoms with Crippen molar-refractivity contribution in [3.63, 3.8) is 0 Å². The van der Waals surface area contributed by atoms with Crippen LogP contribution in [-0.2, 0) is 13.1 Å². The SMILES string of the molecule is CNCc1ccc(N(C)Cc2ccoc2C)c(C#N)c1. The molecule has 0 fully saturated rings. The van der Waals surface area contributed by atoms with Crippen LogP contribution in [0.25, 0.3) is 0 Å². The molecule has 0 saturated carbocycles. The van der Waals surface area contributed by atoms with Crippen LogP contribution in [0.5, 0.6) is 0 Å². The average Bonchev–Trinajstić information content (AvgIpc) is 2.84. The maximum Gasteiger partial charge on any atom is 0.105 e. The molecule has 2 rings (SSSR count). The van der Waals surface area contributed by atoms with Crippen LogP contribution in [0.15, 0.2) is 34.9 Å². The molecule has 0 amide bonds. The number of nitrogens with zero attached hydrogens (tertiary/aromatic N) is 2. The summed E-state index contributed by atoms with van der Waals surface area (Å²) in [5, 5.41) is 12.4. The normalized spacial score (nSPS) is 10.3. The Morgan fingerprint density at radius 2 is 2.15 bits per heavy atom. The summed E-state index contributed by atoms with van der Waals surface area (Å²) in [6, 6.07) is 10.2. The quantitative estimate of drug-likeness (QED) is 0.907. The Morgan fingerprint density at radius 1 is 1.35 bits per heavy atom. The van der Waals surface area contributed by atoms with Gasteiger partial charge in [-0.1, -0.05) is 6.07 Å². The third kappa shape index (κ3) is 3.01. The number of anilines is 1. The van der Waals surface area contributed by atoms with Gasteiger partial charge >= 0.3 is 0 Å². The highest BCUT2D eigenvalue weighted by Gasteiger charge is 2.11. The van der Waals surface area contributed by atoms with Gasteiger partial charge in [-0.25, -0.2) is 0 Å². The smallest absolute Gasteiger partial charge is 0.105 e. The van der Waals surface area contributed by atoms with Crippen LogP contribution in [0.3, 0.4) is 0 Å². The maximum absolute atomic E-state index is 9.33. The van der Waals surface area contributed by atoms with Gasteiger partial charge in [-0.05, 0) is 37.7 Å². The summed E-state index contributed by atoms with van der Waals surface area (Å²) in [7, 11) is 3.88. The van der Waals surface area contributed by atoms with Gasteiger partial charge in [-0.15, -0.1) is 0 Å². The Balaban J connectivity index is 2.23. The molecule has 4 heteroatoms.